The summed E-state index contributed by atoms with van der Waals surface area (Å²) in [4.78, 5) is 20.3. The zero-order valence-corrected chi connectivity index (χ0v) is 18.3. The van der Waals surface area contributed by atoms with Gasteiger partial charge in [0.25, 0.3) is 5.91 Å². The van der Waals surface area contributed by atoms with Crippen LogP contribution < -0.4 is 0 Å². The Bertz CT molecular complexity index is 1170. The number of aryl methyl sites for hydroxylation is 1. The minimum atomic E-state index is 0.00369. The number of amides is 1. The molecule has 1 amide bonds. The second kappa shape index (κ2) is 9.13. The maximum absolute atomic E-state index is 13.6. The summed E-state index contributed by atoms with van der Waals surface area (Å²) in [7, 11) is 0. The van der Waals surface area contributed by atoms with Crippen LogP contribution in [-0.4, -0.2) is 32.1 Å². The molecule has 0 bridgehead atoms. The number of hydrogen-bond acceptors (Lipinski definition) is 3. The largest absolute Gasteiger partial charge is 0.334 e. The van der Waals surface area contributed by atoms with Gasteiger partial charge in [0.2, 0.25) is 0 Å². The van der Waals surface area contributed by atoms with Gasteiger partial charge in [-0.25, -0.2) is 9.67 Å². The van der Waals surface area contributed by atoms with E-state index in [0.717, 1.165) is 28.7 Å². The second-order valence-electron chi connectivity index (χ2n) is 8.16. The predicted molar refractivity (Wildman–Crippen MR) is 124 cm³/mol. The normalized spacial score (nSPS) is 11.2. The number of aromatic nitrogens is 3. The first-order chi connectivity index (χ1) is 15.0. The molecule has 0 N–H and O–H groups in total. The van der Waals surface area contributed by atoms with E-state index >= 15 is 0 Å². The average molecular weight is 413 g/mol. The highest BCUT2D eigenvalue weighted by Gasteiger charge is 2.21. The number of hydrogen-bond donors (Lipinski definition) is 0. The van der Waals surface area contributed by atoms with Gasteiger partial charge in [0, 0.05) is 24.5 Å². The van der Waals surface area contributed by atoms with Crippen molar-refractivity contribution >= 4 is 16.9 Å². The number of carbonyl (C=O) groups is 1. The van der Waals surface area contributed by atoms with Gasteiger partial charge in [0.15, 0.2) is 5.65 Å². The summed E-state index contributed by atoms with van der Waals surface area (Å²) in [5.74, 6) is 0.00369. The van der Waals surface area contributed by atoms with Gasteiger partial charge in [-0.1, -0.05) is 60.7 Å². The van der Waals surface area contributed by atoms with Crippen LogP contribution in [0.3, 0.4) is 0 Å². The highest BCUT2D eigenvalue weighted by molar-refractivity contribution is 5.98. The summed E-state index contributed by atoms with van der Waals surface area (Å²) >= 11 is 0. The van der Waals surface area contributed by atoms with Gasteiger partial charge in [0.05, 0.1) is 17.5 Å². The molecule has 5 nitrogen and oxygen atoms in total. The third-order valence-electron chi connectivity index (χ3n) is 5.50. The van der Waals surface area contributed by atoms with E-state index in [9.17, 15) is 4.79 Å². The lowest BCUT2D eigenvalue weighted by atomic mass is 10.1. The van der Waals surface area contributed by atoms with E-state index < -0.39 is 0 Å². The molecule has 0 saturated carbocycles. The second-order valence-corrected chi connectivity index (χ2v) is 8.16. The number of fused-ring (bicyclic) bond motifs is 1. The molecule has 2 aromatic heterocycles. The van der Waals surface area contributed by atoms with Gasteiger partial charge >= 0.3 is 0 Å². The van der Waals surface area contributed by atoms with E-state index in [4.69, 9.17) is 4.98 Å². The number of nitrogens with zero attached hydrogens (tertiary/aromatic N) is 4. The smallest absolute Gasteiger partial charge is 0.256 e. The molecule has 4 rings (SSSR count). The first-order valence-corrected chi connectivity index (χ1v) is 10.7. The topological polar surface area (TPSA) is 51.0 Å². The molecule has 0 aliphatic heterocycles. The molecule has 2 heterocycles. The van der Waals surface area contributed by atoms with Gasteiger partial charge in [-0.15, -0.1) is 0 Å². The number of pyridine rings is 1. The lowest BCUT2D eigenvalue weighted by Crippen LogP contribution is -2.33. The lowest BCUT2D eigenvalue weighted by Gasteiger charge is -2.24. The fourth-order valence-electron chi connectivity index (χ4n) is 3.80. The van der Waals surface area contributed by atoms with Crippen LogP contribution in [0.4, 0.5) is 0 Å². The molecule has 0 spiro atoms. The van der Waals surface area contributed by atoms with E-state index in [-0.39, 0.29) is 11.9 Å². The summed E-state index contributed by atoms with van der Waals surface area (Å²) in [6, 6.07) is 22.6. The van der Waals surface area contributed by atoms with Gasteiger partial charge in [-0.05, 0) is 44.4 Å². The van der Waals surface area contributed by atoms with Crippen molar-refractivity contribution in [3.63, 3.8) is 0 Å². The maximum atomic E-state index is 13.6. The third-order valence-corrected chi connectivity index (χ3v) is 5.50. The molecule has 0 unspecified atom stereocenters. The van der Waals surface area contributed by atoms with Crippen LogP contribution in [0.2, 0.25) is 0 Å². The molecule has 0 aliphatic carbocycles. The Labute approximate surface area is 183 Å². The number of rotatable bonds is 7. The molecular weight excluding hydrogens is 384 g/mol. The summed E-state index contributed by atoms with van der Waals surface area (Å²) in [5, 5.41) is 5.35. The Morgan fingerprint density at radius 1 is 1.00 bits per heavy atom. The van der Waals surface area contributed by atoms with Crippen LogP contribution in [0.5, 0.6) is 0 Å². The highest BCUT2D eigenvalue weighted by atomic mass is 16.2. The third kappa shape index (κ3) is 4.66. The van der Waals surface area contributed by atoms with E-state index in [1.807, 2.05) is 59.0 Å². The first kappa shape index (κ1) is 20.8. The van der Waals surface area contributed by atoms with Crippen molar-refractivity contribution in [2.45, 2.75) is 39.8 Å². The number of benzene rings is 2. The van der Waals surface area contributed by atoms with Crippen LogP contribution in [0.1, 0.15) is 47.1 Å². The molecule has 0 radical (unpaired) electrons. The van der Waals surface area contributed by atoms with Crippen LogP contribution in [0.25, 0.3) is 11.0 Å². The molecular formula is C26H28N4O. The predicted octanol–water partition coefficient (Wildman–Crippen LogP) is 5.21. The minimum absolute atomic E-state index is 0.00369. The zero-order valence-electron chi connectivity index (χ0n) is 18.3. The summed E-state index contributed by atoms with van der Waals surface area (Å²) < 4.78 is 1.90. The van der Waals surface area contributed by atoms with Crippen molar-refractivity contribution in [1.82, 2.24) is 19.7 Å². The average Bonchev–Trinajstić information content (AvgIpc) is 3.20. The van der Waals surface area contributed by atoms with Crippen LogP contribution >= 0.6 is 0 Å². The van der Waals surface area contributed by atoms with Crippen LogP contribution in [0.15, 0.2) is 72.9 Å². The maximum Gasteiger partial charge on any atom is 0.256 e. The number of carbonyl (C=O) groups excluding carboxylic acids is 1. The quantitative estimate of drug-likeness (QED) is 0.419. The van der Waals surface area contributed by atoms with Crippen molar-refractivity contribution in [2.24, 2.45) is 0 Å². The van der Waals surface area contributed by atoms with Crippen molar-refractivity contribution < 1.29 is 4.79 Å². The molecule has 2 aromatic carbocycles. The van der Waals surface area contributed by atoms with E-state index in [1.165, 1.54) is 5.56 Å². The monoisotopic (exact) mass is 412 g/mol. The Hall–Kier alpha value is -3.47. The Balaban J connectivity index is 1.64. The summed E-state index contributed by atoms with van der Waals surface area (Å²) in [6.45, 7) is 7.26. The Kier molecular flexibility index (Phi) is 6.12. The van der Waals surface area contributed by atoms with Crippen molar-refractivity contribution in [2.75, 3.05) is 6.54 Å². The first-order valence-electron chi connectivity index (χ1n) is 10.7. The van der Waals surface area contributed by atoms with E-state index in [0.29, 0.717) is 18.7 Å². The van der Waals surface area contributed by atoms with Gasteiger partial charge < -0.3 is 4.90 Å². The van der Waals surface area contributed by atoms with Crippen molar-refractivity contribution in [3.8, 4) is 0 Å². The molecule has 0 fully saturated rings. The fourth-order valence-corrected chi connectivity index (χ4v) is 3.80. The molecule has 5 heteroatoms. The molecule has 0 saturated heterocycles. The van der Waals surface area contributed by atoms with E-state index in [1.54, 1.807) is 6.20 Å². The molecule has 0 atom stereocenters. The molecule has 0 aliphatic rings. The van der Waals surface area contributed by atoms with Gasteiger partial charge in [-0.2, -0.15) is 5.10 Å². The summed E-state index contributed by atoms with van der Waals surface area (Å²) in [5.41, 5.74) is 4.53. The molecule has 158 valence electrons. The molecule has 31 heavy (non-hydrogen) atoms. The zero-order chi connectivity index (χ0) is 21.8. The van der Waals surface area contributed by atoms with Gasteiger partial charge in [-0.3, -0.25) is 4.79 Å². The SMILES string of the molecule is Cc1nc2c(cnn2C(C)C)cc1C(=O)N(CCc1ccccc1)Cc1ccccc1. The highest BCUT2D eigenvalue weighted by Crippen LogP contribution is 2.21. The lowest BCUT2D eigenvalue weighted by molar-refractivity contribution is 0.0744. The Morgan fingerprint density at radius 2 is 1.65 bits per heavy atom. The Morgan fingerprint density at radius 3 is 2.29 bits per heavy atom. The summed E-state index contributed by atoms with van der Waals surface area (Å²) in [6.07, 6.45) is 2.60. The van der Waals surface area contributed by atoms with Gasteiger partial charge in [0.1, 0.15) is 0 Å². The van der Waals surface area contributed by atoms with Crippen LogP contribution in [0, 0.1) is 6.92 Å². The van der Waals surface area contributed by atoms with Crippen molar-refractivity contribution in [3.05, 3.63) is 95.3 Å². The van der Waals surface area contributed by atoms with E-state index in [2.05, 4.69) is 43.2 Å². The van der Waals surface area contributed by atoms with Crippen molar-refractivity contribution in [1.29, 1.82) is 0 Å². The standard InChI is InChI=1S/C26H28N4O/c1-19(2)30-25-23(17-27-30)16-24(20(3)28-25)26(31)29(18-22-12-8-5-9-13-22)15-14-21-10-6-4-7-11-21/h4-13,16-17,19H,14-15,18H2,1-3H3. The molecule has 4 aromatic rings. The minimum Gasteiger partial charge on any atom is -0.334 e. The van der Waals surface area contributed by atoms with Crippen LogP contribution in [-0.2, 0) is 13.0 Å². The fraction of sp³-hybridized carbons (Fsp3) is 0.269.